The standard InChI is InChI=1S/C51H31N3O2/c1-2-13-34(14-3-1)51-53-44(31-45(54-51)37-16-5-4-15-36(37)43-21-10-11-30-52-43)33-26-24-32(25-27-33)35-28-29-41(50-48(35)42-18-7-9-23-47(42)56-50)40-20-12-19-39-38-17-6-8-22-46(38)55-49(39)40/h1-31H. The second-order valence-corrected chi connectivity index (χ2v) is 13.9. The SMILES string of the molecule is c1ccc(-c2nc(-c3ccc(-c4ccc(-c5cccc6c5oc5ccccc56)c5oc6ccccc6c45)cc3)cc(-c3ccccc3-c3ccccn3)n2)cc1. The van der Waals surface area contributed by atoms with Gasteiger partial charge in [-0.15, -0.1) is 0 Å². The maximum atomic E-state index is 6.71. The minimum absolute atomic E-state index is 0.666. The number of nitrogens with zero attached hydrogens (tertiary/aromatic N) is 3. The molecule has 7 aromatic carbocycles. The van der Waals surface area contributed by atoms with Gasteiger partial charge in [0.15, 0.2) is 5.82 Å². The zero-order valence-electron chi connectivity index (χ0n) is 30.1. The number of hydrogen-bond acceptors (Lipinski definition) is 5. The van der Waals surface area contributed by atoms with Crippen molar-refractivity contribution in [2.24, 2.45) is 0 Å². The van der Waals surface area contributed by atoms with Crippen molar-refractivity contribution in [1.29, 1.82) is 0 Å². The zero-order chi connectivity index (χ0) is 37.0. The fourth-order valence-electron chi connectivity index (χ4n) is 7.96. The lowest BCUT2D eigenvalue weighted by Gasteiger charge is -2.13. The van der Waals surface area contributed by atoms with Gasteiger partial charge in [-0.2, -0.15) is 0 Å². The molecule has 0 saturated heterocycles. The van der Waals surface area contributed by atoms with Crippen molar-refractivity contribution in [1.82, 2.24) is 15.0 Å². The third-order valence-electron chi connectivity index (χ3n) is 10.6. The van der Waals surface area contributed by atoms with E-state index in [4.69, 9.17) is 18.8 Å². The van der Waals surface area contributed by atoms with Crippen molar-refractivity contribution in [3.05, 3.63) is 188 Å². The molecule has 4 heterocycles. The smallest absolute Gasteiger partial charge is 0.160 e. The summed E-state index contributed by atoms with van der Waals surface area (Å²) in [6, 6.07) is 62.3. The fraction of sp³-hybridized carbons (Fsp3) is 0. The molecule has 11 aromatic rings. The molecule has 5 heteroatoms. The van der Waals surface area contributed by atoms with E-state index in [0.717, 1.165) is 105 Å². The van der Waals surface area contributed by atoms with E-state index in [2.05, 4.69) is 114 Å². The summed E-state index contributed by atoms with van der Waals surface area (Å²) in [7, 11) is 0. The number of para-hydroxylation sites is 3. The van der Waals surface area contributed by atoms with Gasteiger partial charge in [-0.1, -0.05) is 146 Å². The lowest BCUT2D eigenvalue weighted by Crippen LogP contribution is -1.97. The van der Waals surface area contributed by atoms with E-state index in [1.54, 1.807) is 0 Å². The van der Waals surface area contributed by atoms with Crippen LogP contribution in [0, 0.1) is 0 Å². The third kappa shape index (κ3) is 5.29. The number of rotatable bonds is 6. The largest absolute Gasteiger partial charge is 0.455 e. The van der Waals surface area contributed by atoms with E-state index >= 15 is 0 Å². The number of furan rings is 2. The second kappa shape index (κ2) is 13.0. The molecule has 0 fully saturated rings. The molecule has 262 valence electrons. The lowest BCUT2D eigenvalue weighted by molar-refractivity contribution is 0.665. The monoisotopic (exact) mass is 717 g/mol. The Morgan fingerprint density at radius 2 is 0.929 bits per heavy atom. The Bertz CT molecular complexity index is 3240. The van der Waals surface area contributed by atoms with Crippen molar-refractivity contribution in [3.8, 4) is 67.4 Å². The van der Waals surface area contributed by atoms with E-state index in [-0.39, 0.29) is 0 Å². The Labute approximate surface area is 322 Å². The Morgan fingerprint density at radius 1 is 0.339 bits per heavy atom. The molecule has 0 unspecified atom stereocenters. The van der Waals surface area contributed by atoms with Gasteiger partial charge in [0.1, 0.15) is 22.3 Å². The van der Waals surface area contributed by atoms with Gasteiger partial charge in [-0.05, 0) is 47.5 Å². The first-order valence-corrected chi connectivity index (χ1v) is 18.7. The molecule has 0 radical (unpaired) electrons. The Hall–Kier alpha value is -7.63. The first kappa shape index (κ1) is 31.9. The van der Waals surface area contributed by atoms with E-state index in [0.29, 0.717) is 5.82 Å². The molecule has 56 heavy (non-hydrogen) atoms. The van der Waals surface area contributed by atoms with Crippen LogP contribution in [-0.2, 0) is 0 Å². The summed E-state index contributed by atoms with van der Waals surface area (Å²) in [5, 5.41) is 4.33. The van der Waals surface area contributed by atoms with E-state index in [9.17, 15) is 0 Å². The topological polar surface area (TPSA) is 65.0 Å². The third-order valence-corrected chi connectivity index (χ3v) is 10.6. The minimum atomic E-state index is 0.666. The van der Waals surface area contributed by atoms with Gasteiger partial charge in [0, 0.05) is 61.1 Å². The molecule has 4 aromatic heterocycles. The Kier molecular flexibility index (Phi) is 7.42. The predicted molar refractivity (Wildman–Crippen MR) is 227 cm³/mol. The van der Waals surface area contributed by atoms with Crippen molar-refractivity contribution < 1.29 is 8.83 Å². The van der Waals surface area contributed by atoms with Gasteiger partial charge in [0.2, 0.25) is 0 Å². The van der Waals surface area contributed by atoms with Crippen molar-refractivity contribution in [2.75, 3.05) is 0 Å². The molecule has 0 aliphatic heterocycles. The average Bonchev–Trinajstić information content (AvgIpc) is 3.86. The molecule has 0 saturated carbocycles. The number of fused-ring (bicyclic) bond motifs is 6. The van der Waals surface area contributed by atoms with Crippen molar-refractivity contribution in [3.63, 3.8) is 0 Å². The normalized spacial score (nSPS) is 11.6. The van der Waals surface area contributed by atoms with E-state index in [1.807, 2.05) is 79.0 Å². The maximum Gasteiger partial charge on any atom is 0.160 e. The van der Waals surface area contributed by atoms with Crippen LogP contribution in [-0.4, -0.2) is 15.0 Å². The van der Waals surface area contributed by atoms with Crippen LogP contribution in [0.2, 0.25) is 0 Å². The molecule has 0 atom stereocenters. The summed E-state index contributed by atoms with van der Waals surface area (Å²) < 4.78 is 13.2. The summed E-state index contributed by atoms with van der Waals surface area (Å²) in [6.07, 6.45) is 1.82. The summed E-state index contributed by atoms with van der Waals surface area (Å²) in [5.41, 5.74) is 14.1. The molecule has 0 aliphatic carbocycles. The fourth-order valence-corrected chi connectivity index (χ4v) is 7.96. The molecule has 5 nitrogen and oxygen atoms in total. The molecule has 0 N–H and O–H groups in total. The van der Waals surface area contributed by atoms with Crippen LogP contribution in [0.3, 0.4) is 0 Å². The summed E-state index contributed by atoms with van der Waals surface area (Å²) in [6.45, 7) is 0. The number of pyridine rings is 1. The predicted octanol–water partition coefficient (Wildman–Crippen LogP) is 13.7. The highest BCUT2D eigenvalue weighted by molar-refractivity contribution is 6.18. The molecular weight excluding hydrogens is 687 g/mol. The van der Waals surface area contributed by atoms with Crippen LogP contribution < -0.4 is 0 Å². The number of hydrogen-bond donors (Lipinski definition) is 0. The summed E-state index contributed by atoms with van der Waals surface area (Å²) in [4.78, 5) is 14.9. The Morgan fingerprint density at radius 3 is 1.73 bits per heavy atom. The highest BCUT2D eigenvalue weighted by Gasteiger charge is 2.21. The van der Waals surface area contributed by atoms with Crippen LogP contribution in [0.15, 0.2) is 197 Å². The zero-order valence-corrected chi connectivity index (χ0v) is 30.1. The van der Waals surface area contributed by atoms with Gasteiger partial charge in [0.25, 0.3) is 0 Å². The molecule has 11 rings (SSSR count). The number of aromatic nitrogens is 3. The molecule has 0 spiro atoms. The molecule has 0 aliphatic rings. The summed E-state index contributed by atoms with van der Waals surface area (Å²) >= 11 is 0. The minimum Gasteiger partial charge on any atom is -0.455 e. The molecule has 0 amide bonds. The van der Waals surface area contributed by atoms with E-state index < -0.39 is 0 Å². The first-order chi connectivity index (χ1) is 27.8. The molecule has 0 bridgehead atoms. The van der Waals surface area contributed by atoms with Crippen LogP contribution >= 0.6 is 0 Å². The van der Waals surface area contributed by atoms with Gasteiger partial charge in [0.05, 0.1) is 17.1 Å². The highest BCUT2D eigenvalue weighted by Crippen LogP contribution is 2.45. The average molecular weight is 718 g/mol. The van der Waals surface area contributed by atoms with Gasteiger partial charge in [-0.3, -0.25) is 4.98 Å². The van der Waals surface area contributed by atoms with Gasteiger partial charge >= 0.3 is 0 Å². The summed E-state index contributed by atoms with van der Waals surface area (Å²) in [5.74, 6) is 0.666. The van der Waals surface area contributed by atoms with Crippen LogP contribution in [0.5, 0.6) is 0 Å². The second-order valence-electron chi connectivity index (χ2n) is 13.9. The van der Waals surface area contributed by atoms with Crippen LogP contribution in [0.1, 0.15) is 0 Å². The Balaban J connectivity index is 1.05. The quantitative estimate of drug-likeness (QED) is 0.171. The van der Waals surface area contributed by atoms with E-state index in [1.165, 1.54) is 0 Å². The van der Waals surface area contributed by atoms with Crippen molar-refractivity contribution in [2.45, 2.75) is 0 Å². The first-order valence-electron chi connectivity index (χ1n) is 18.7. The van der Waals surface area contributed by atoms with Crippen LogP contribution in [0.4, 0.5) is 0 Å². The van der Waals surface area contributed by atoms with Crippen molar-refractivity contribution >= 4 is 43.9 Å². The van der Waals surface area contributed by atoms with Gasteiger partial charge in [-0.25, -0.2) is 9.97 Å². The number of benzene rings is 7. The van der Waals surface area contributed by atoms with Crippen LogP contribution in [0.25, 0.3) is 111 Å². The molecular formula is C51H31N3O2. The van der Waals surface area contributed by atoms with Gasteiger partial charge < -0.3 is 8.83 Å². The highest BCUT2D eigenvalue weighted by atomic mass is 16.3. The lowest BCUT2D eigenvalue weighted by atomic mass is 9.93. The maximum absolute atomic E-state index is 6.71.